The maximum absolute atomic E-state index is 3.34. The van der Waals surface area contributed by atoms with Crippen molar-refractivity contribution < 1.29 is 0 Å². The van der Waals surface area contributed by atoms with Gasteiger partial charge in [-0.15, -0.1) is 68.0 Å². The van der Waals surface area contributed by atoms with Crippen LogP contribution in [-0.2, 0) is 0 Å². The minimum Gasteiger partial charge on any atom is -0.137 e. The molecule has 0 spiro atoms. The zero-order valence-electron chi connectivity index (χ0n) is 22.0. The Hall–Kier alpha value is -3.72. The van der Waals surface area contributed by atoms with Crippen LogP contribution in [0.5, 0.6) is 0 Å². The second-order valence-corrected chi connectivity index (χ2v) is 15.9. The van der Waals surface area contributed by atoms with Crippen molar-refractivity contribution in [2.24, 2.45) is 0 Å². The predicted octanol–water partition coefficient (Wildman–Crippen LogP) is 11.9. The molecule has 0 amide bonds. The number of thiophene rings is 6. The summed E-state index contributed by atoms with van der Waals surface area (Å²) in [7, 11) is 0. The fourth-order valence-corrected chi connectivity index (χ4v) is 8.73. The molecule has 7 heterocycles. The van der Waals surface area contributed by atoms with Crippen molar-refractivity contribution in [2.75, 3.05) is 0 Å². The van der Waals surface area contributed by atoms with E-state index in [1.807, 2.05) is 0 Å². The lowest BCUT2D eigenvalue weighted by molar-refractivity contribution is 1.87. The molecule has 0 fully saturated rings. The highest BCUT2D eigenvalue weighted by molar-refractivity contribution is 7.16. The molecule has 0 unspecified atom stereocenters. The van der Waals surface area contributed by atoms with Gasteiger partial charge in [-0.05, 0) is 145 Å². The van der Waals surface area contributed by atoms with Crippen molar-refractivity contribution >= 4 is 117 Å². The zero-order valence-corrected chi connectivity index (χ0v) is 26.9. The van der Waals surface area contributed by atoms with Crippen LogP contribution in [0.15, 0.2) is 72.8 Å². The molecule has 6 aromatic heterocycles. The SMILES string of the molecule is C1#Cc2ccc(s2)/C=C\c2ccc(s2)/C=C\c2ccc(s2)C#Cc2ccc(s2)/C=C\c2ccc(s2)/C=C\c2ccc1s2. The third kappa shape index (κ3) is 7.01. The molecule has 1 aliphatic rings. The monoisotopic (exact) mass is 644 g/mol. The quantitative estimate of drug-likeness (QED) is 0.144. The molecule has 0 aliphatic carbocycles. The molecule has 7 rings (SSSR count). The van der Waals surface area contributed by atoms with Crippen molar-refractivity contribution in [3.63, 3.8) is 0 Å². The molecule has 0 N–H and O–H groups in total. The molecular formula is C36H20S6. The van der Waals surface area contributed by atoms with Gasteiger partial charge in [0.05, 0.1) is 19.5 Å². The molecule has 42 heavy (non-hydrogen) atoms. The van der Waals surface area contributed by atoms with Crippen LogP contribution in [0.3, 0.4) is 0 Å². The fourth-order valence-electron chi connectivity index (χ4n) is 4.04. The number of hydrogen-bond acceptors (Lipinski definition) is 6. The van der Waals surface area contributed by atoms with Gasteiger partial charge in [-0.3, -0.25) is 0 Å². The number of hydrogen-bond donors (Lipinski definition) is 0. The minimum atomic E-state index is 1.08. The average Bonchev–Trinajstić information content (AvgIpc) is 3.84. The second kappa shape index (κ2) is 12.7. The van der Waals surface area contributed by atoms with Crippen LogP contribution in [0.2, 0.25) is 0 Å². The lowest BCUT2D eigenvalue weighted by Crippen LogP contribution is -1.62. The standard InChI is InChI=1S/C36H20S6/c1-2-26-15-16-28-5-6-30(39-28)19-20-32-9-10-34(41-32)23-24-36-12-11-35(42-36)22-21-33-8-7-31(40-33)18-17-29-4-3-27(38-29)14-13-25(1)37-26/h1-16,21-24H/b14-13-,16-15-,22-21-,24-23-,25-13?,26-15?,27-14?,28-16?,33-21?,34-23?,35-22?,36-24?. The lowest BCUT2D eigenvalue weighted by atomic mass is 10.3. The number of fused-ring (bicyclic) bond motifs is 12. The van der Waals surface area contributed by atoms with E-state index in [9.17, 15) is 0 Å². The summed E-state index contributed by atoms with van der Waals surface area (Å²) < 4.78 is 0. The van der Waals surface area contributed by atoms with Crippen LogP contribution < -0.4 is 0 Å². The first-order chi connectivity index (χ1) is 20.7. The van der Waals surface area contributed by atoms with Gasteiger partial charge in [0.25, 0.3) is 0 Å². The van der Waals surface area contributed by atoms with Crippen LogP contribution in [0.25, 0.3) is 48.6 Å². The molecule has 0 radical (unpaired) electrons. The Bertz CT molecular complexity index is 1820. The van der Waals surface area contributed by atoms with Crippen molar-refractivity contribution in [1.82, 2.24) is 0 Å². The Kier molecular flexibility index (Phi) is 8.17. The summed E-state index contributed by atoms with van der Waals surface area (Å²) in [4.78, 5) is 14.1. The summed E-state index contributed by atoms with van der Waals surface area (Å²) in [6.45, 7) is 0. The largest absolute Gasteiger partial charge is 0.137 e. The van der Waals surface area contributed by atoms with E-state index in [-0.39, 0.29) is 0 Å². The van der Waals surface area contributed by atoms with E-state index in [2.05, 4.69) is 145 Å². The normalized spacial score (nSPS) is 15.4. The van der Waals surface area contributed by atoms with E-state index in [0.29, 0.717) is 0 Å². The van der Waals surface area contributed by atoms with E-state index in [0.717, 1.165) is 19.5 Å². The summed E-state index contributed by atoms with van der Waals surface area (Å²) in [5, 5.41) is 0. The highest BCUT2D eigenvalue weighted by Crippen LogP contribution is 2.27. The van der Waals surface area contributed by atoms with E-state index in [1.54, 1.807) is 68.0 Å². The van der Waals surface area contributed by atoms with Crippen LogP contribution in [0.1, 0.15) is 58.5 Å². The second-order valence-electron chi connectivity index (χ2n) is 9.12. The van der Waals surface area contributed by atoms with Gasteiger partial charge in [-0.2, -0.15) is 0 Å². The third-order valence-corrected chi connectivity index (χ3v) is 12.0. The van der Waals surface area contributed by atoms with Gasteiger partial charge in [0, 0.05) is 39.0 Å². The Labute approximate surface area is 269 Å². The molecule has 0 saturated carbocycles. The molecule has 12 bridgehead atoms. The molecule has 0 nitrogen and oxygen atoms in total. The summed E-state index contributed by atoms with van der Waals surface area (Å²) in [5.74, 6) is 13.4. The van der Waals surface area contributed by atoms with E-state index in [4.69, 9.17) is 0 Å². The average molecular weight is 645 g/mol. The highest BCUT2D eigenvalue weighted by Gasteiger charge is 2.01. The Morgan fingerprint density at radius 3 is 0.667 bits per heavy atom. The van der Waals surface area contributed by atoms with Gasteiger partial charge in [0.1, 0.15) is 0 Å². The fraction of sp³-hybridized carbons (Fsp3) is 0. The maximum Gasteiger partial charge on any atom is 0.0778 e. The third-order valence-electron chi connectivity index (χ3n) is 6.07. The smallest absolute Gasteiger partial charge is 0.0778 e. The van der Waals surface area contributed by atoms with E-state index in [1.165, 1.54) is 39.0 Å². The van der Waals surface area contributed by atoms with Crippen molar-refractivity contribution in [3.8, 4) is 23.7 Å². The van der Waals surface area contributed by atoms with E-state index < -0.39 is 0 Å². The summed E-state index contributed by atoms with van der Waals surface area (Å²) in [6, 6.07) is 25.7. The molecule has 0 atom stereocenters. The van der Waals surface area contributed by atoms with Crippen LogP contribution in [-0.4, -0.2) is 0 Å². The van der Waals surface area contributed by atoms with Gasteiger partial charge >= 0.3 is 0 Å². The summed E-state index contributed by atoms with van der Waals surface area (Å²) >= 11 is 10.5. The first-order valence-electron chi connectivity index (χ1n) is 13.1. The van der Waals surface area contributed by atoms with Crippen molar-refractivity contribution in [3.05, 3.63) is 131 Å². The van der Waals surface area contributed by atoms with Crippen LogP contribution in [0, 0.1) is 23.7 Å². The molecule has 1 aliphatic heterocycles. The summed E-state index contributed by atoms with van der Waals surface area (Å²) in [6.07, 6.45) is 17.4. The van der Waals surface area contributed by atoms with Gasteiger partial charge in [0.2, 0.25) is 0 Å². The molecule has 0 saturated heterocycles. The zero-order chi connectivity index (χ0) is 28.1. The van der Waals surface area contributed by atoms with Gasteiger partial charge in [0.15, 0.2) is 0 Å². The number of rotatable bonds is 0. The van der Waals surface area contributed by atoms with E-state index >= 15 is 0 Å². The Morgan fingerprint density at radius 1 is 0.238 bits per heavy atom. The highest BCUT2D eigenvalue weighted by atomic mass is 32.1. The molecular weight excluding hydrogens is 625 g/mol. The Balaban J connectivity index is 1.17. The minimum absolute atomic E-state index is 1.08. The Morgan fingerprint density at radius 2 is 0.429 bits per heavy atom. The van der Waals surface area contributed by atoms with Crippen LogP contribution >= 0.6 is 68.0 Å². The first kappa shape index (κ1) is 27.1. The van der Waals surface area contributed by atoms with Gasteiger partial charge < -0.3 is 0 Å². The topological polar surface area (TPSA) is 0 Å². The molecule has 6 heteroatoms. The van der Waals surface area contributed by atoms with Crippen LogP contribution in [0.4, 0.5) is 0 Å². The molecule has 6 aromatic rings. The van der Waals surface area contributed by atoms with Crippen molar-refractivity contribution in [2.45, 2.75) is 0 Å². The lowest BCUT2D eigenvalue weighted by Gasteiger charge is -1.86. The molecule has 200 valence electrons. The first-order valence-corrected chi connectivity index (χ1v) is 18.0. The maximum atomic E-state index is 3.34. The summed E-state index contributed by atoms with van der Waals surface area (Å²) in [5.41, 5.74) is 0. The van der Waals surface area contributed by atoms with Gasteiger partial charge in [-0.1, -0.05) is 0 Å². The predicted molar refractivity (Wildman–Crippen MR) is 194 cm³/mol. The molecule has 0 aromatic carbocycles. The van der Waals surface area contributed by atoms with Gasteiger partial charge in [-0.25, -0.2) is 0 Å². The van der Waals surface area contributed by atoms with Crippen molar-refractivity contribution in [1.29, 1.82) is 0 Å².